The molecule has 0 saturated carbocycles. The summed E-state index contributed by atoms with van der Waals surface area (Å²) >= 11 is 1.11. The highest BCUT2D eigenvalue weighted by Crippen LogP contribution is 2.26. The van der Waals surface area contributed by atoms with E-state index in [1.54, 1.807) is 18.2 Å². The summed E-state index contributed by atoms with van der Waals surface area (Å²) in [6, 6.07) is 6.64. The van der Waals surface area contributed by atoms with Gasteiger partial charge < -0.3 is 15.8 Å². The molecule has 9 heteroatoms. The van der Waals surface area contributed by atoms with Crippen LogP contribution in [0.15, 0.2) is 29.6 Å². The molecule has 0 aliphatic rings. The van der Waals surface area contributed by atoms with Crippen LogP contribution in [0.25, 0.3) is 0 Å². The van der Waals surface area contributed by atoms with Gasteiger partial charge in [-0.15, -0.1) is 0 Å². The van der Waals surface area contributed by atoms with Crippen molar-refractivity contribution in [3.8, 4) is 11.8 Å². The summed E-state index contributed by atoms with van der Waals surface area (Å²) in [7, 11) is 1.46. The van der Waals surface area contributed by atoms with Gasteiger partial charge in [0.1, 0.15) is 23.2 Å². The van der Waals surface area contributed by atoms with Crippen molar-refractivity contribution in [2.75, 3.05) is 23.9 Å². The third-order valence-electron chi connectivity index (χ3n) is 3.08. The second kappa shape index (κ2) is 8.12. The summed E-state index contributed by atoms with van der Waals surface area (Å²) in [5.41, 5.74) is 6.73. The zero-order chi connectivity index (χ0) is 18.4. The molecule has 1 aromatic heterocycles. The van der Waals surface area contributed by atoms with Crippen molar-refractivity contribution in [2.24, 2.45) is 0 Å². The summed E-state index contributed by atoms with van der Waals surface area (Å²) in [6.45, 7) is 1.39. The average molecular weight is 357 g/mol. The first-order valence-electron chi connectivity index (χ1n) is 7.08. The molecule has 3 N–H and O–H groups in total. The van der Waals surface area contributed by atoms with Crippen LogP contribution in [0.1, 0.15) is 22.8 Å². The number of methoxy groups -OCH3 is 1. The number of nitrogens with two attached hydrogens (primary N) is 1. The van der Waals surface area contributed by atoms with E-state index in [0.717, 1.165) is 11.8 Å². The SMILES string of the molecule is COc1cc(C(=O)CSc2ncc(C#N)c(N)n2)ccc1NC(C)=O. The standard InChI is InChI=1S/C16H15N5O3S/c1-9(22)20-12-4-3-10(5-14(12)24-2)13(23)8-25-16-19-7-11(6-17)15(18)21-16/h3-5,7H,8H2,1-2H3,(H,20,22)(H2,18,19,21). The number of amides is 1. The fourth-order valence-corrected chi connectivity index (χ4v) is 2.62. The van der Waals surface area contributed by atoms with Crippen LogP contribution in [-0.4, -0.2) is 34.5 Å². The topological polar surface area (TPSA) is 131 Å². The molecule has 0 spiro atoms. The van der Waals surface area contributed by atoms with E-state index >= 15 is 0 Å². The Balaban J connectivity index is 2.09. The number of hydrogen-bond donors (Lipinski definition) is 2. The quantitative estimate of drug-likeness (QED) is 0.455. The van der Waals surface area contributed by atoms with Crippen molar-refractivity contribution < 1.29 is 14.3 Å². The van der Waals surface area contributed by atoms with Gasteiger partial charge in [0.2, 0.25) is 5.91 Å². The van der Waals surface area contributed by atoms with Gasteiger partial charge in [-0.1, -0.05) is 11.8 Å². The fourth-order valence-electron chi connectivity index (χ4n) is 1.90. The minimum Gasteiger partial charge on any atom is -0.495 e. The largest absolute Gasteiger partial charge is 0.495 e. The van der Waals surface area contributed by atoms with Crippen molar-refractivity contribution >= 4 is 35.0 Å². The lowest BCUT2D eigenvalue weighted by Crippen LogP contribution is -2.09. The first-order valence-corrected chi connectivity index (χ1v) is 8.07. The Bertz CT molecular complexity index is 863. The molecule has 0 bridgehead atoms. The third-order valence-corrected chi connectivity index (χ3v) is 3.94. The van der Waals surface area contributed by atoms with E-state index in [1.165, 1.54) is 20.2 Å². The molecule has 2 rings (SSSR count). The van der Waals surface area contributed by atoms with Gasteiger partial charge in [0.05, 0.1) is 24.7 Å². The van der Waals surface area contributed by atoms with Crippen molar-refractivity contribution in [1.29, 1.82) is 5.26 Å². The number of nitriles is 1. The molecule has 1 heterocycles. The minimum atomic E-state index is -0.233. The number of nitrogens with one attached hydrogen (secondary N) is 1. The van der Waals surface area contributed by atoms with Crippen molar-refractivity contribution in [2.45, 2.75) is 12.1 Å². The number of ether oxygens (including phenoxy) is 1. The molecule has 0 radical (unpaired) electrons. The van der Waals surface area contributed by atoms with Crippen LogP contribution in [0.2, 0.25) is 0 Å². The third kappa shape index (κ3) is 4.68. The van der Waals surface area contributed by atoms with Crippen LogP contribution in [0.5, 0.6) is 5.75 Å². The lowest BCUT2D eigenvalue weighted by atomic mass is 10.1. The summed E-state index contributed by atoms with van der Waals surface area (Å²) in [5.74, 6) is 0.167. The Hall–Kier alpha value is -3.12. The average Bonchev–Trinajstić information content (AvgIpc) is 2.59. The molecule has 0 fully saturated rings. The smallest absolute Gasteiger partial charge is 0.221 e. The van der Waals surface area contributed by atoms with Crippen LogP contribution in [0.3, 0.4) is 0 Å². The molecule has 0 aliphatic carbocycles. The van der Waals surface area contributed by atoms with Gasteiger partial charge in [0, 0.05) is 12.5 Å². The number of nitrogens with zero attached hydrogens (tertiary/aromatic N) is 3. The number of carbonyl (C=O) groups excluding carboxylic acids is 2. The molecule has 0 atom stereocenters. The highest BCUT2D eigenvalue weighted by Gasteiger charge is 2.13. The summed E-state index contributed by atoms with van der Waals surface area (Å²) in [6.07, 6.45) is 1.32. The van der Waals surface area contributed by atoms with Crippen LogP contribution < -0.4 is 15.8 Å². The molecule has 25 heavy (non-hydrogen) atoms. The number of rotatable bonds is 6. The Morgan fingerprint density at radius 2 is 2.20 bits per heavy atom. The molecule has 8 nitrogen and oxygen atoms in total. The molecule has 1 amide bonds. The molecular formula is C16H15N5O3S. The maximum Gasteiger partial charge on any atom is 0.221 e. The first-order chi connectivity index (χ1) is 11.9. The molecule has 1 aromatic carbocycles. The zero-order valence-corrected chi connectivity index (χ0v) is 14.4. The molecule has 0 saturated heterocycles. The van der Waals surface area contributed by atoms with E-state index in [4.69, 9.17) is 15.7 Å². The van der Waals surface area contributed by atoms with Crippen LogP contribution in [0.4, 0.5) is 11.5 Å². The zero-order valence-electron chi connectivity index (χ0n) is 13.6. The summed E-state index contributed by atoms with van der Waals surface area (Å²) in [5, 5.41) is 11.7. The predicted octanol–water partition coefficient (Wildman–Crippen LogP) is 1.87. The lowest BCUT2D eigenvalue weighted by Gasteiger charge is -2.10. The molecule has 128 valence electrons. The number of aromatic nitrogens is 2. The van der Waals surface area contributed by atoms with Gasteiger partial charge in [0.15, 0.2) is 10.9 Å². The van der Waals surface area contributed by atoms with E-state index in [2.05, 4.69) is 15.3 Å². The molecular weight excluding hydrogens is 342 g/mol. The predicted molar refractivity (Wildman–Crippen MR) is 93.5 cm³/mol. The van der Waals surface area contributed by atoms with Gasteiger partial charge in [-0.3, -0.25) is 9.59 Å². The minimum absolute atomic E-state index is 0.0776. The van der Waals surface area contributed by atoms with E-state index in [1.807, 2.05) is 6.07 Å². The summed E-state index contributed by atoms with van der Waals surface area (Å²) < 4.78 is 5.20. The maximum absolute atomic E-state index is 12.3. The Labute approximate surface area is 148 Å². The summed E-state index contributed by atoms with van der Waals surface area (Å²) in [4.78, 5) is 31.4. The number of thioether (sulfide) groups is 1. The number of ketones is 1. The monoisotopic (exact) mass is 357 g/mol. The lowest BCUT2D eigenvalue weighted by molar-refractivity contribution is -0.114. The number of nitrogen functional groups attached to an aromatic ring is 1. The fraction of sp³-hybridized carbons (Fsp3) is 0.188. The van der Waals surface area contributed by atoms with E-state index in [9.17, 15) is 9.59 Å². The van der Waals surface area contributed by atoms with Gasteiger partial charge in [0.25, 0.3) is 0 Å². The maximum atomic E-state index is 12.3. The van der Waals surface area contributed by atoms with E-state index < -0.39 is 0 Å². The highest BCUT2D eigenvalue weighted by atomic mass is 32.2. The second-order valence-corrected chi connectivity index (χ2v) is 5.81. The van der Waals surface area contributed by atoms with Gasteiger partial charge in [-0.2, -0.15) is 5.26 Å². The van der Waals surface area contributed by atoms with E-state index in [0.29, 0.717) is 22.2 Å². The van der Waals surface area contributed by atoms with Crippen LogP contribution >= 0.6 is 11.8 Å². The molecule has 2 aromatic rings. The van der Waals surface area contributed by atoms with Gasteiger partial charge in [-0.25, -0.2) is 9.97 Å². The number of anilines is 2. The first kappa shape index (κ1) is 18.2. The number of carbonyl (C=O) groups is 2. The normalized spacial score (nSPS) is 9.96. The highest BCUT2D eigenvalue weighted by molar-refractivity contribution is 7.99. The van der Waals surface area contributed by atoms with Crippen LogP contribution in [0, 0.1) is 11.3 Å². The second-order valence-electron chi connectivity index (χ2n) is 4.87. The number of Topliss-reactive ketones (excluding diaryl/α,β-unsaturated/α-hetero) is 1. The Kier molecular flexibility index (Phi) is 5.92. The van der Waals surface area contributed by atoms with Crippen molar-refractivity contribution in [1.82, 2.24) is 9.97 Å². The van der Waals surface area contributed by atoms with E-state index in [-0.39, 0.29) is 28.8 Å². The molecule has 0 unspecified atom stereocenters. The molecule has 0 aliphatic heterocycles. The van der Waals surface area contributed by atoms with Gasteiger partial charge in [-0.05, 0) is 18.2 Å². The van der Waals surface area contributed by atoms with Crippen molar-refractivity contribution in [3.05, 3.63) is 35.5 Å². The Morgan fingerprint density at radius 1 is 1.44 bits per heavy atom. The Morgan fingerprint density at radius 3 is 2.80 bits per heavy atom. The number of hydrogen-bond acceptors (Lipinski definition) is 8. The van der Waals surface area contributed by atoms with Crippen LogP contribution in [-0.2, 0) is 4.79 Å². The number of benzene rings is 1. The van der Waals surface area contributed by atoms with Crippen molar-refractivity contribution in [3.63, 3.8) is 0 Å². The van der Waals surface area contributed by atoms with Gasteiger partial charge >= 0.3 is 0 Å².